The van der Waals surface area contributed by atoms with E-state index in [9.17, 15) is 5.11 Å². The Labute approximate surface area is 149 Å². The zero-order valence-electron chi connectivity index (χ0n) is 15.0. The van der Waals surface area contributed by atoms with Crippen molar-refractivity contribution in [3.05, 3.63) is 66.0 Å². The SMILES string of the molecule is CCn1c(C(C)NC(CCCO)c2ccccc2)nc2ccccc21. The van der Waals surface area contributed by atoms with E-state index in [1.54, 1.807) is 0 Å². The molecule has 2 atom stereocenters. The van der Waals surface area contributed by atoms with Crippen LogP contribution in [0, 0.1) is 0 Å². The largest absolute Gasteiger partial charge is 0.396 e. The number of nitrogens with zero attached hydrogens (tertiary/aromatic N) is 2. The van der Waals surface area contributed by atoms with Gasteiger partial charge in [0.05, 0.1) is 17.1 Å². The average Bonchev–Trinajstić information content (AvgIpc) is 3.04. The van der Waals surface area contributed by atoms with Crippen molar-refractivity contribution in [2.45, 2.75) is 45.3 Å². The molecule has 4 heteroatoms. The van der Waals surface area contributed by atoms with Gasteiger partial charge in [-0.2, -0.15) is 0 Å². The molecule has 2 aromatic carbocycles. The molecule has 0 aliphatic carbocycles. The van der Waals surface area contributed by atoms with Gasteiger partial charge in [-0.25, -0.2) is 4.98 Å². The van der Waals surface area contributed by atoms with E-state index in [1.807, 2.05) is 12.1 Å². The highest BCUT2D eigenvalue weighted by molar-refractivity contribution is 5.76. The minimum absolute atomic E-state index is 0.122. The first-order chi connectivity index (χ1) is 12.2. The second-order valence-electron chi connectivity index (χ2n) is 6.42. The summed E-state index contributed by atoms with van der Waals surface area (Å²) >= 11 is 0. The minimum Gasteiger partial charge on any atom is -0.396 e. The number of nitrogens with one attached hydrogen (secondary N) is 1. The van der Waals surface area contributed by atoms with Gasteiger partial charge in [0.1, 0.15) is 5.82 Å². The Morgan fingerprint density at radius 2 is 1.80 bits per heavy atom. The second kappa shape index (κ2) is 8.28. The number of hydrogen-bond acceptors (Lipinski definition) is 3. The van der Waals surface area contributed by atoms with Gasteiger partial charge >= 0.3 is 0 Å². The van der Waals surface area contributed by atoms with E-state index in [-0.39, 0.29) is 18.7 Å². The molecule has 0 spiro atoms. The lowest BCUT2D eigenvalue weighted by Crippen LogP contribution is -2.27. The molecule has 0 radical (unpaired) electrons. The summed E-state index contributed by atoms with van der Waals surface area (Å²) in [4.78, 5) is 4.86. The predicted molar refractivity (Wildman–Crippen MR) is 102 cm³/mol. The third kappa shape index (κ3) is 3.91. The van der Waals surface area contributed by atoms with Gasteiger partial charge in [0.2, 0.25) is 0 Å². The Kier molecular flexibility index (Phi) is 5.84. The van der Waals surface area contributed by atoms with Crippen molar-refractivity contribution in [3.63, 3.8) is 0 Å². The van der Waals surface area contributed by atoms with Gasteiger partial charge in [0, 0.05) is 19.2 Å². The predicted octanol–water partition coefficient (Wildman–Crippen LogP) is 4.22. The van der Waals surface area contributed by atoms with Crippen LogP contribution in [0.15, 0.2) is 54.6 Å². The van der Waals surface area contributed by atoms with E-state index in [4.69, 9.17) is 4.98 Å². The minimum atomic E-state index is 0.122. The van der Waals surface area contributed by atoms with Gasteiger partial charge in [-0.1, -0.05) is 42.5 Å². The van der Waals surface area contributed by atoms with E-state index >= 15 is 0 Å². The lowest BCUT2D eigenvalue weighted by atomic mass is 10.0. The Morgan fingerprint density at radius 1 is 1.08 bits per heavy atom. The molecule has 0 saturated heterocycles. The van der Waals surface area contributed by atoms with E-state index in [2.05, 4.69) is 66.2 Å². The van der Waals surface area contributed by atoms with Gasteiger partial charge in [0.25, 0.3) is 0 Å². The molecule has 132 valence electrons. The molecule has 0 bridgehead atoms. The van der Waals surface area contributed by atoms with Crippen LogP contribution >= 0.6 is 0 Å². The summed E-state index contributed by atoms with van der Waals surface area (Å²) in [6, 6.07) is 19.1. The maximum absolute atomic E-state index is 9.25. The van der Waals surface area contributed by atoms with E-state index in [0.717, 1.165) is 30.7 Å². The van der Waals surface area contributed by atoms with Crippen LogP contribution in [0.5, 0.6) is 0 Å². The van der Waals surface area contributed by atoms with Crippen LogP contribution in [-0.2, 0) is 6.54 Å². The number of rotatable bonds is 8. The number of aliphatic hydroxyl groups excluding tert-OH is 1. The van der Waals surface area contributed by atoms with Crippen LogP contribution in [-0.4, -0.2) is 21.3 Å². The number of fused-ring (bicyclic) bond motifs is 1. The number of imidazole rings is 1. The summed E-state index contributed by atoms with van der Waals surface area (Å²) in [6.07, 6.45) is 1.68. The van der Waals surface area contributed by atoms with E-state index < -0.39 is 0 Å². The fraction of sp³-hybridized carbons (Fsp3) is 0.381. The molecule has 0 aliphatic rings. The van der Waals surface area contributed by atoms with Gasteiger partial charge in [-0.15, -0.1) is 0 Å². The van der Waals surface area contributed by atoms with Crippen molar-refractivity contribution in [3.8, 4) is 0 Å². The molecular formula is C21H27N3O. The van der Waals surface area contributed by atoms with Crippen molar-refractivity contribution in [1.29, 1.82) is 0 Å². The third-order valence-electron chi connectivity index (χ3n) is 4.69. The molecule has 0 saturated carbocycles. The van der Waals surface area contributed by atoms with Crippen molar-refractivity contribution in [2.75, 3.05) is 6.61 Å². The summed E-state index contributed by atoms with van der Waals surface area (Å²) in [5.41, 5.74) is 3.47. The second-order valence-corrected chi connectivity index (χ2v) is 6.42. The highest BCUT2D eigenvalue weighted by atomic mass is 16.2. The Hall–Kier alpha value is -2.17. The number of aliphatic hydroxyl groups is 1. The van der Waals surface area contributed by atoms with Crippen LogP contribution in [0.2, 0.25) is 0 Å². The van der Waals surface area contributed by atoms with Crippen LogP contribution in [0.25, 0.3) is 11.0 Å². The number of aromatic nitrogens is 2. The van der Waals surface area contributed by atoms with Crippen LogP contribution in [0.4, 0.5) is 0 Å². The zero-order chi connectivity index (χ0) is 17.6. The summed E-state index contributed by atoms with van der Waals surface area (Å²) in [5, 5.41) is 13.0. The van der Waals surface area contributed by atoms with Gasteiger partial charge in [0.15, 0.2) is 0 Å². The first-order valence-electron chi connectivity index (χ1n) is 9.11. The number of para-hydroxylation sites is 2. The molecule has 1 heterocycles. The molecule has 0 aliphatic heterocycles. The van der Waals surface area contributed by atoms with Gasteiger partial charge in [-0.3, -0.25) is 0 Å². The fourth-order valence-electron chi connectivity index (χ4n) is 3.46. The van der Waals surface area contributed by atoms with Gasteiger partial charge < -0.3 is 15.0 Å². The first-order valence-corrected chi connectivity index (χ1v) is 9.11. The fourth-order valence-corrected chi connectivity index (χ4v) is 3.46. The Morgan fingerprint density at radius 3 is 2.52 bits per heavy atom. The summed E-state index contributed by atoms with van der Waals surface area (Å²) in [6.45, 7) is 5.44. The van der Waals surface area contributed by atoms with Crippen LogP contribution in [0.3, 0.4) is 0 Å². The maximum Gasteiger partial charge on any atom is 0.126 e. The normalized spacial score (nSPS) is 13.9. The van der Waals surface area contributed by atoms with Crippen molar-refractivity contribution in [2.24, 2.45) is 0 Å². The highest BCUT2D eigenvalue weighted by Gasteiger charge is 2.20. The summed E-state index contributed by atoms with van der Waals surface area (Å²) in [5.74, 6) is 1.06. The zero-order valence-corrected chi connectivity index (χ0v) is 15.0. The first kappa shape index (κ1) is 17.6. The molecular weight excluding hydrogens is 310 g/mol. The molecule has 2 unspecified atom stereocenters. The smallest absolute Gasteiger partial charge is 0.126 e. The monoisotopic (exact) mass is 337 g/mol. The summed E-state index contributed by atoms with van der Waals surface area (Å²) in [7, 11) is 0. The molecule has 25 heavy (non-hydrogen) atoms. The molecule has 0 fully saturated rings. The Balaban J connectivity index is 1.87. The lowest BCUT2D eigenvalue weighted by Gasteiger charge is -2.24. The van der Waals surface area contributed by atoms with Crippen molar-refractivity contribution >= 4 is 11.0 Å². The topological polar surface area (TPSA) is 50.1 Å². The highest BCUT2D eigenvalue weighted by Crippen LogP contribution is 2.25. The standard InChI is InChI=1S/C21H27N3O/c1-3-24-20-14-8-7-12-19(20)23-21(24)16(2)22-18(13-9-15-25)17-10-5-4-6-11-17/h4-8,10-12,14,16,18,22,25H,3,9,13,15H2,1-2H3. The van der Waals surface area contributed by atoms with Crippen LogP contribution < -0.4 is 5.32 Å². The van der Waals surface area contributed by atoms with Gasteiger partial charge in [-0.05, 0) is 44.4 Å². The third-order valence-corrected chi connectivity index (χ3v) is 4.69. The molecule has 3 aromatic rings. The number of aryl methyl sites for hydroxylation is 1. The Bertz CT molecular complexity index is 797. The summed E-state index contributed by atoms with van der Waals surface area (Å²) < 4.78 is 2.28. The average molecular weight is 337 g/mol. The molecule has 3 rings (SSSR count). The van der Waals surface area contributed by atoms with Crippen LogP contribution in [0.1, 0.15) is 50.2 Å². The van der Waals surface area contributed by atoms with Crippen molar-refractivity contribution < 1.29 is 5.11 Å². The quantitative estimate of drug-likeness (QED) is 0.647. The molecule has 0 amide bonds. The van der Waals surface area contributed by atoms with Crippen molar-refractivity contribution in [1.82, 2.24) is 14.9 Å². The number of hydrogen-bond donors (Lipinski definition) is 2. The maximum atomic E-state index is 9.25. The van der Waals surface area contributed by atoms with E-state index in [1.165, 1.54) is 11.1 Å². The molecule has 1 aromatic heterocycles. The number of benzene rings is 2. The molecule has 2 N–H and O–H groups in total. The molecule has 4 nitrogen and oxygen atoms in total. The van der Waals surface area contributed by atoms with E-state index in [0.29, 0.717) is 0 Å². The lowest BCUT2D eigenvalue weighted by molar-refractivity contribution is 0.271.